The zero-order valence-corrected chi connectivity index (χ0v) is 16.5. The van der Waals surface area contributed by atoms with Gasteiger partial charge in [-0.25, -0.2) is 0 Å². The van der Waals surface area contributed by atoms with Gasteiger partial charge in [0.25, 0.3) is 11.6 Å². The number of anilines is 2. The number of nitro benzene ring substituents is 1. The van der Waals surface area contributed by atoms with Crippen LogP contribution in [0.4, 0.5) is 17.1 Å². The molecule has 8 nitrogen and oxygen atoms in total. The van der Waals surface area contributed by atoms with Crippen molar-refractivity contribution in [3.05, 3.63) is 88.5 Å². The van der Waals surface area contributed by atoms with Crippen LogP contribution in [0.15, 0.2) is 72.8 Å². The summed E-state index contributed by atoms with van der Waals surface area (Å²) < 4.78 is 5.77. The summed E-state index contributed by atoms with van der Waals surface area (Å²) in [6, 6.07) is 19.6. The third-order valence-corrected chi connectivity index (χ3v) is 4.90. The van der Waals surface area contributed by atoms with Gasteiger partial charge in [0.15, 0.2) is 0 Å². The van der Waals surface area contributed by atoms with Gasteiger partial charge in [-0.1, -0.05) is 18.2 Å². The van der Waals surface area contributed by atoms with E-state index in [2.05, 4.69) is 5.32 Å². The molecular weight excluding hydrogens is 398 g/mol. The van der Waals surface area contributed by atoms with Gasteiger partial charge in [-0.2, -0.15) is 0 Å². The van der Waals surface area contributed by atoms with Crippen molar-refractivity contribution >= 4 is 28.9 Å². The second kappa shape index (κ2) is 8.66. The van der Waals surface area contributed by atoms with Crippen LogP contribution in [-0.4, -0.2) is 23.3 Å². The fourth-order valence-corrected chi connectivity index (χ4v) is 3.36. The minimum Gasteiger partial charge on any atom is -0.457 e. The predicted octanol–water partition coefficient (Wildman–Crippen LogP) is 4.77. The number of hydrogen-bond acceptors (Lipinski definition) is 5. The molecule has 0 bridgehead atoms. The zero-order chi connectivity index (χ0) is 21.8. The molecule has 3 aromatic rings. The third kappa shape index (κ3) is 4.53. The molecule has 3 aromatic carbocycles. The van der Waals surface area contributed by atoms with E-state index in [4.69, 9.17) is 4.74 Å². The number of carbonyl (C=O) groups is 2. The molecule has 1 heterocycles. The quantitative estimate of drug-likeness (QED) is 0.460. The predicted molar refractivity (Wildman–Crippen MR) is 116 cm³/mol. The lowest BCUT2D eigenvalue weighted by molar-refractivity contribution is -0.384. The van der Waals surface area contributed by atoms with Crippen molar-refractivity contribution in [3.8, 4) is 11.5 Å². The van der Waals surface area contributed by atoms with Gasteiger partial charge < -0.3 is 15.0 Å². The third-order valence-electron chi connectivity index (χ3n) is 4.90. The first kappa shape index (κ1) is 20.1. The maximum atomic E-state index is 12.9. The first-order chi connectivity index (χ1) is 15.0. The van der Waals surface area contributed by atoms with Crippen molar-refractivity contribution in [2.75, 3.05) is 16.8 Å². The van der Waals surface area contributed by atoms with Crippen molar-refractivity contribution in [1.29, 1.82) is 0 Å². The van der Waals surface area contributed by atoms with Crippen LogP contribution in [0.1, 0.15) is 23.2 Å². The van der Waals surface area contributed by atoms with Crippen molar-refractivity contribution in [1.82, 2.24) is 0 Å². The molecule has 2 amide bonds. The van der Waals surface area contributed by atoms with E-state index >= 15 is 0 Å². The average Bonchev–Trinajstić information content (AvgIpc) is 3.21. The number of nitrogens with one attached hydrogen (secondary N) is 1. The van der Waals surface area contributed by atoms with E-state index in [1.54, 1.807) is 53.4 Å². The Balaban J connectivity index is 1.57. The van der Waals surface area contributed by atoms with Crippen LogP contribution in [0, 0.1) is 10.1 Å². The summed E-state index contributed by atoms with van der Waals surface area (Å²) in [5.41, 5.74) is 1.09. The summed E-state index contributed by atoms with van der Waals surface area (Å²) in [4.78, 5) is 37.1. The Morgan fingerprint density at radius 2 is 1.77 bits per heavy atom. The van der Waals surface area contributed by atoms with Crippen molar-refractivity contribution in [3.63, 3.8) is 0 Å². The molecule has 0 atom stereocenters. The number of nitrogens with zero attached hydrogens (tertiary/aromatic N) is 2. The van der Waals surface area contributed by atoms with E-state index in [0.29, 0.717) is 24.4 Å². The molecule has 0 aliphatic carbocycles. The second-order valence-electron chi connectivity index (χ2n) is 7.00. The average molecular weight is 417 g/mol. The molecule has 0 aromatic heterocycles. The fraction of sp³-hybridized carbons (Fsp3) is 0.130. The van der Waals surface area contributed by atoms with Gasteiger partial charge in [0.05, 0.1) is 10.5 Å². The first-order valence-electron chi connectivity index (χ1n) is 9.74. The van der Waals surface area contributed by atoms with Crippen LogP contribution < -0.4 is 15.0 Å². The number of nitro groups is 1. The van der Waals surface area contributed by atoms with E-state index in [9.17, 15) is 19.7 Å². The van der Waals surface area contributed by atoms with Gasteiger partial charge in [0, 0.05) is 36.5 Å². The van der Waals surface area contributed by atoms with Crippen molar-refractivity contribution in [2.45, 2.75) is 12.8 Å². The Bertz CT molecular complexity index is 1130. The number of rotatable bonds is 6. The summed E-state index contributed by atoms with van der Waals surface area (Å²) in [5, 5.41) is 13.9. The van der Waals surface area contributed by atoms with Crippen LogP contribution in [0.2, 0.25) is 0 Å². The van der Waals surface area contributed by atoms with E-state index in [1.165, 1.54) is 18.2 Å². The zero-order valence-electron chi connectivity index (χ0n) is 16.5. The molecule has 1 aliphatic heterocycles. The Kier molecular flexibility index (Phi) is 5.61. The number of amides is 2. The van der Waals surface area contributed by atoms with Gasteiger partial charge in [-0.15, -0.1) is 0 Å². The topological polar surface area (TPSA) is 102 Å². The van der Waals surface area contributed by atoms with E-state index in [-0.39, 0.29) is 22.9 Å². The van der Waals surface area contributed by atoms with Gasteiger partial charge in [0.1, 0.15) is 11.5 Å². The molecule has 8 heteroatoms. The highest BCUT2D eigenvalue weighted by Crippen LogP contribution is 2.30. The molecule has 0 radical (unpaired) electrons. The van der Waals surface area contributed by atoms with Gasteiger partial charge in [-0.05, 0) is 48.9 Å². The molecule has 0 saturated carbocycles. The second-order valence-corrected chi connectivity index (χ2v) is 7.00. The largest absolute Gasteiger partial charge is 0.457 e. The highest BCUT2D eigenvalue weighted by atomic mass is 16.6. The first-order valence-corrected chi connectivity index (χ1v) is 9.74. The van der Waals surface area contributed by atoms with Gasteiger partial charge in [-0.3, -0.25) is 19.7 Å². The summed E-state index contributed by atoms with van der Waals surface area (Å²) in [6.45, 7) is 0.679. The molecule has 0 spiro atoms. The van der Waals surface area contributed by atoms with Crippen LogP contribution in [-0.2, 0) is 4.79 Å². The van der Waals surface area contributed by atoms with E-state index in [0.717, 1.165) is 12.1 Å². The normalized spacial score (nSPS) is 13.2. The maximum absolute atomic E-state index is 12.9. The highest BCUT2D eigenvalue weighted by molar-refractivity contribution is 6.07. The van der Waals surface area contributed by atoms with Crippen LogP contribution >= 0.6 is 0 Å². The maximum Gasteiger partial charge on any atom is 0.270 e. The Hall–Kier alpha value is -4.20. The number of ether oxygens (including phenoxy) is 1. The lowest BCUT2D eigenvalue weighted by Crippen LogP contribution is -2.23. The lowest BCUT2D eigenvalue weighted by Gasteiger charge is -2.16. The molecule has 31 heavy (non-hydrogen) atoms. The highest BCUT2D eigenvalue weighted by Gasteiger charge is 2.22. The smallest absolute Gasteiger partial charge is 0.270 e. The van der Waals surface area contributed by atoms with Crippen LogP contribution in [0.5, 0.6) is 11.5 Å². The molecule has 1 saturated heterocycles. The van der Waals surface area contributed by atoms with Gasteiger partial charge >= 0.3 is 0 Å². The van der Waals surface area contributed by atoms with Crippen molar-refractivity contribution in [2.24, 2.45) is 0 Å². The monoisotopic (exact) mass is 417 g/mol. The fourth-order valence-electron chi connectivity index (χ4n) is 3.36. The van der Waals surface area contributed by atoms with Crippen LogP contribution in [0.3, 0.4) is 0 Å². The molecule has 1 N–H and O–H groups in total. The number of hydrogen-bond donors (Lipinski definition) is 1. The molecule has 156 valence electrons. The van der Waals surface area contributed by atoms with Crippen LogP contribution in [0.25, 0.3) is 0 Å². The number of carbonyl (C=O) groups excluding carboxylic acids is 2. The van der Waals surface area contributed by atoms with Gasteiger partial charge in [0.2, 0.25) is 5.91 Å². The molecule has 1 fully saturated rings. The van der Waals surface area contributed by atoms with E-state index < -0.39 is 10.8 Å². The molecular formula is C23H19N3O5. The number of benzene rings is 3. The Morgan fingerprint density at radius 1 is 1.03 bits per heavy atom. The summed E-state index contributed by atoms with van der Waals surface area (Å²) in [7, 11) is 0. The number of para-hydroxylation sites is 1. The van der Waals surface area contributed by atoms with Crippen molar-refractivity contribution < 1.29 is 19.2 Å². The Labute approximate surface area is 178 Å². The molecule has 4 rings (SSSR count). The molecule has 1 aliphatic rings. The standard InChI is InChI=1S/C23H19N3O5/c27-22-7-4-14-25(22)17-10-8-16(9-11-17)24-23(28)20-15-18(26(29)30)12-13-21(20)31-19-5-2-1-3-6-19/h1-3,5-6,8-13,15H,4,7,14H2,(H,24,28). The summed E-state index contributed by atoms with van der Waals surface area (Å²) in [5.74, 6) is 0.245. The SMILES string of the molecule is O=C(Nc1ccc(N2CCCC2=O)cc1)c1cc([N+](=O)[O-])ccc1Oc1ccccc1. The van der Waals surface area contributed by atoms with E-state index in [1.807, 2.05) is 6.07 Å². The minimum absolute atomic E-state index is 0.0388. The Morgan fingerprint density at radius 3 is 2.42 bits per heavy atom. The lowest BCUT2D eigenvalue weighted by atomic mass is 10.1. The minimum atomic E-state index is -0.565. The summed E-state index contributed by atoms with van der Waals surface area (Å²) in [6.07, 6.45) is 1.36. The number of non-ortho nitro benzene ring substituents is 1. The molecule has 0 unspecified atom stereocenters. The summed E-state index contributed by atoms with van der Waals surface area (Å²) >= 11 is 0.